The number of nitrogens with zero attached hydrogens (tertiary/aromatic N) is 1. The molecule has 3 fully saturated rings. The maximum absolute atomic E-state index is 12.8. The molecule has 2 N–H and O–H groups in total. The van der Waals surface area contributed by atoms with Crippen LogP contribution in [0.1, 0.15) is 52.4 Å². The molecule has 1 atom stereocenters. The molecule has 2 aliphatic heterocycles. The van der Waals surface area contributed by atoms with Gasteiger partial charge in [-0.25, -0.2) is 0 Å². The maximum Gasteiger partial charge on any atom is 0.237 e. The Labute approximate surface area is 144 Å². The van der Waals surface area contributed by atoms with Gasteiger partial charge in [-0.15, -0.1) is 0 Å². The van der Waals surface area contributed by atoms with E-state index < -0.39 is 0 Å². The molecule has 0 radical (unpaired) electrons. The topological polar surface area (TPSA) is 70.7 Å². The van der Waals surface area contributed by atoms with Crippen molar-refractivity contribution in [2.45, 2.75) is 70.5 Å². The summed E-state index contributed by atoms with van der Waals surface area (Å²) in [5.74, 6) is 0.153. The van der Waals surface area contributed by atoms with Crippen LogP contribution in [0.4, 0.5) is 0 Å². The minimum Gasteiger partial charge on any atom is -0.381 e. The van der Waals surface area contributed by atoms with Gasteiger partial charge in [-0.05, 0) is 39.5 Å². The van der Waals surface area contributed by atoms with Crippen molar-refractivity contribution < 1.29 is 14.3 Å². The first-order valence-electron chi connectivity index (χ1n) is 9.43. The zero-order valence-electron chi connectivity index (χ0n) is 15.0. The van der Waals surface area contributed by atoms with Gasteiger partial charge in [0.2, 0.25) is 11.8 Å². The zero-order valence-corrected chi connectivity index (χ0v) is 15.0. The molecule has 136 valence electrons. The SMILES string of the molecule is CC(C)N(C(=O)CNC1C(=O)NCC12CCOCC2)C1CCCC1. The number of ether oxygens (including phenoxy) is 1. The molecule has 2 heterocycles. The van der Waals surface area contributed by atoms with Crippen LogP contribution in [0.3, 0.4) is 0 Å². The Morgan fingerprint density at radius 3 is 2.62 bits per heavy atom. The van der Waals surface area contributed by atoms with E-state index >= 15 is 0 Å². The highest BCUT2D eigenvalue weighted by Gasteiger charge is 2.49. The molecule has 2 amide bonds. The molecule has 6 heteroatoms. The van der Waals surface area contributed by atoms with Crippen molar-refractivity contribution in [2.75, 3.05) is 26.3 Å². The third kappa shape index (κ3) is 3.45. The molecule has 1 unspecified atom stereocenters. The van der Waals surface area contributed by atoms with Crippen LogP contribution in [0.25, 0.3) is 0 Å². The van der Waals surface area contributed by atoms with Crippen molar-refractivity contribution in [1.82, 2.24) is 15.5 Å². The van der Waals surface area contributed by atoms with Crippen LogP contribution in [0.2, 0.25) is 0 Å². The number of hydrogen-bond acceptors (Lipinski definition) is 4. The molecule has 1 spiro atoms. The molecule has 0 bridgehead atoms. The van der Waals surface area contributed by atoms with Gasteiger partial charge in [0, 0.05) is 37.3 Å². The van der Waals surface area contributed by atoms with Crippen molar-refractivity contribution in [2.24, 2.45) is 5.41 Å². The van der Waals surface area contributed by atoms with Crippen LogP contribution in [0.5, 0.6) is 0 Å². The van der Waals surface area contributed by atoms with Gasteiger partial charge in [0.25, 0.3) is 0 Å². The van der Waals surface area contributed by atoms with Gasteiger partial charge in [-0.2, -0.15) is 0 Å². The highest BCUT2D eigenvalue weighted by molar-refractivity contribution is 5.86. The van der Waals surface area contributed by atoms with Gasteiger partial charge in [0.05, 0.1) is 12.6 Å². The lowest BCUT2D eigenvalue weighted by Gasteiger charge is -2.38. The third-order valence-corrected chi connectivity index (χ3v) is 6.00. The summed E-state index contributed by atoms with van der Waals surface area (Å²) >= 11 is 0. The summed E-state index contributed by atoms with van der Waals surface area (Å²) in [4.78, 5) is 27.1. The molecular weight excluding hydrogens is 306 g/mol. The first-order valence-corrected chi connectivity index (χ1v) is 9.43. The van der Waals surface area contributed by atoms with Gasteiger partial charge >= 0.3 is 0 Å². The number of hydrogen-bond donors (Lipinski definition) is 2. The van der Waals surface area contributed by atoms with E-state index in [2.05, 4.69) is 24.5 Å². The van der Waals surface area contributed by atoms with Gasteiger partial charge in [0.15, 0.2) is 0 Å². The first-order chi connectivity index (χ1) is 11.5. The van der Waals surface area contributed by atoms with Gasteiger partial charge < -0.3 is 15.0 Å². The predicted octanol–water partition coefficient (Wildman–Crippen LogP) is 1.05. The molecule has 0 aromatic rings. The smallest absolute Gasteiger partial charge is 0.237 e. The van der Waals surface area contributed by atoms with E-state index in [1.807, 2.05) is 4.90 Å². The van der Waals surface area contributed by atoms with E-state index in [0.29, 0.717) is 25.8 Å². The molecule has 1 aliphatic carbocycles. The standard InChI is InChI=1S/C18H31N3O3/c1-13(2)21(14-5-3-4-6-14)15(22)11-19-16-17(23)20-12-18(16)7-9-24-10-8-18/h13-14,16,19H,3-12H2,1-2H3,(H,20,23). The number of amides is 2. The van der Waals surface area contributed by atoms with Crippen molar-refractivity contribution in [1.29, 1.82) is 0 Å². The number of carbonyl (C=O) groups excluding carboxylic acids is 2. The highest BCUT2D eigenvalue weighted by atomic mass is 16.5. The molecule has 1 saturated carbocycles. The fraction of sp³-hybridized carbons (Fsp3) is 0.889. The van der Waals surface area contributed by atoms with Crippen LogP contribution >= 0.6 is 0 Å². The summed E-state index contributed by atoms with van der Waals surface area (Å²) in [5.41, 5.74) is -0.0916. The van der Waals surface area contributed by atoms with Crippen LogP contribution < -0.4 is 10.6 Å². The van der Waals surface area contributed by atoms with Crippen molar-refractivity contribution in [3.8, 4) is 0 Å². The van der Waals surface area contributed by atoms with E-state index in [0.717, 1.165) is 25.7 Å². The summed E-state index contributed by atoms with van der Waals surface area (Å²) in [6.07, 6.45) is 6.37. The van der Waals surface area contributed by atoms with E-state index in [4.69, 9.17) is 4.74 Å². The summed E-state index contributed by atoms with van der Waals surface area (Å²) in [7, 11) is 0. The Morgan fingerprint density at radius 2 is 2.00 bits per heavy atom. The lowest BCUT2D eigenvalue weighted by atomic mass is 9.76. The van der Waals surface area contributed by atoms with Crippen LogP contribution in [-0.4, -0.2) is 61.1 Å². The quantitative estimate of drug-likeness (QED) is 0.787. The van der Waals surface area contributed by atoms with Gasteiger partial charge in [0.1, 0.15) is 0 Å². The number of carbonyl (C=O) groups is 2. The normalized spacial score (nSPS) is 27.0. The van der Waals surface area contributed by atoms with Crippen molar-refractivity contribution in [3.63, 3.8) is 0 Å². The molecular formula is C18H31N3O3. The zero-order chi connectivity index (χ0) is 17.2. The third-order valence-electron chi connectivity index (χ3n) is 6.00. The summed E-state index contributed by atoms with van der Waals surface area (Å²) < 4.78 is 5.46. The second kappa shape index (κ2) is 7.40. The second-order valence-electron chi connectivity index (χ2n) is 7.84. The highest BCUT2D eigenvalue weighted by Crippen LogP contribution is 2.37. The lowest BCUT2D eigenvalue weighted by Crippen LogP contribution is -2.54. The summed E-state index contributed by atoms with van der Waals surface area (Å²) in [5, 5.41) is 6.27. The molecule has 6 nitrogen and oxygen atoms in total. The molecule has 0 aromatic carbocycles. The largest absolute Gasteiger partial charge is 0.381 e. The van der Waals surface area contributed by atoms with E-state index in [1.54, 1.807) is 0 Å². The Kier molecular flexibility index (Phi) is 5.45. The average molecular weight is 337 g/mol. The molecule has 2 saturated heterocycles. The first kappa shape index (κ1) is 17.7. The van der Waals surface area contributed by atoms with E-state index in [-0.39, 0.29) is 35.9 Å². The predicted molar refractivity (Wildman–Crippen MR) is 91.5 cm³/mol. The fourth-order valence-electron chi connectivity index (χ4n) is 4.67. The Morgan fingerprint density at radius 1 is 1.33 bits per heavy atom. The number of nitrogens with one attached hydrogen (secondary N) is 2. The van der Waals surface area contributed by atoms with Gasteiger partial charge in [-0.3, -0.25) is 14.9 Å². The Bertz CT molecular complexity index is 468. The van der Waals surface area contributed by atoms with Crippen LogP contribution in [0.15, 0.2) is 0 Å². The molecule has 24 heavy (non-hydrogen) atoms. The minimum atomic E-state index is -0.275. The minimum absolute atomic E-state index is 0.0293. The maximum atomic E-state index is 12.8. The summed E-state index contributed by atoms with van der Waals surface area (Å²) in [6, 6.07) is 0.300. The lowest BCUT2D eigenvalue weighted by molar-refractivity contribution is -0.135. The summed E-state index contributed by atoms with van der Waals surface area (Å²) in [6.45, 7) is 6.49. The number of rotatable bonds is 5. The van der Waals surface area contributed by atoms with Crippen LogP contribution in [-0.2, 0) is 14.3 Å². The monoisotopic (exact) mass is 337 g/mol. The average Bonchev–Trinajstić information content (AvgIpc) is 3.16. The van der Waals surface area contributed by atoms with E-state index in [1.165, 1.54) is 12.8 Å². The van der Waals surface area contributed by atoms with Crippen LogP contribution in [0, 0.1) is 5.41 Å². The Balaban J connectivity index is 1.62. The van der Waals surface area contributed by atoms with Crippen molar-refractivity contribution in [3.05, 3.63) is 0 Å². The van der Waals surface area contributed by atoms with Gasteiger partial charge in [-0.1, -0.05) is 12.8 Å². The Hall–Kier alpha value is -1.14. The van der Waals surface area contributed by atoms with Crippen molar-refractivity contribution >= 4 is 11.8 Å². The molecule has 3 rings (SSSR count). The van der Waals surface area contributed by atoms with E-state index in [9.17, 15) is 9.59 Å². The molecule has 3 aliphatic rings. The second-order valence-corrected chi connectivity index (χ2v) is 7.84. The fourth-order valence-corrected chi connectivity index (χ4v) is 4.67. The molecule has 0 aromatic heterocycles.